The van der Waals surface area contributed by atoms with Crippen LogP contribution in [-0.2, 0) is 28.8 Å². The quantitative estimate of drug-likeness (QED) is 0.0820. The Morgan fingerprint density at radius 3 is 2.02 bits per heavy atom. The molecule has 0 aromatic carbocycles. The molecule has 0 radical (unpaired) electrons. The highest BCUT2D eigenvalue weighted by molar-refractivity contribution is 6.39. The van der Waals surface area contributed by atoms with Crippen LogP contribution in [0.2, 0.25) is 0 Å². The van der Waals surface area contributed by atoms with Crippen molar-refractivity contribution in [2.24, 2.45) is 16.8 Å². The lowest BCUT2D eigenvalue weighted by Gasteiger charge is -2.30. The Morgan fingerprint density at radius 1 is 0.909 bits per heavy atom. The molecule has 16 heteroatoms. The Morgan fingerprint density at radius 2 is 1.49 bits per heavy atom. The molecule has 0 aromatic heterocycles. The number of amides is 5. The molecule has 1 aliphatic carbocycles. The van der Waals surface area contributed by atoms with Gasteiger partial charge in [0.1, 0.15) is 17.8 Å². The fourth-order valence-electron chi connectivity index (χ4n) is 5.36. The Labute approximate surface area is 326 Å². The number of aliphatic imine (C=N–C) groups is 1. The van der Waals surface area contributed by atoms with E-state index in [9.17, 15) is 41.9 Å². The van der Waals surface area contributed by atoms with Gasteiger partial charge in [0, 0.05) is 39.0 Å². The number of rotatable bonds is 16. The molecule has 1 saturated carbocycles. The minimum Gasteiger partial charge on any atom is -0.393 e. The molecule has 3 atom stereocenters. The Bertz CT molecular complexity index is 1250. The van der Waals surface area contributed by atoms with E-state index < -0.39 is 79.0 Å². The Kier molecular flexibility index (Phi) is 28.9. The molecule has 55 heavy (non-hydrogen) atoms. The van der Waals surface area contributed by atoms with E-state index in [-0.39, 0.29) is 31.1 Å². The normalized spacial score (nSPS) is 16.8. The van der Waals surface area contributed by atoms with Crippen molar-refractivity contribution in [3.63, 3.8) is 0 Å². The molecule has 0 spiro atoms. The van der Waals surface area contributed by atoms with Crippen LogP contribution in [0.1, 0.15) is 120 Å². The number of halogens is 3. The van der Waals surface area contributed by atoms with Crippen molar-refractivity contribution >= 4 is 41.0 Å². The molecule has 316 valence electrons. The SMILES string of the molecule is C=CCNC(=O)C(=O)C(CCC(F)(F)F)NC(=O)C1CCCN1C(=O)CNC(=O)C(NC(=O)C(C)=N/C=C\NC)C1CCCCC1.CC.CC(C)C.CCC. The standard InChI is InChI=1S/C30H44F3N7O6.C4H10.C3H8.C2H6/c1-4-14-36-29(46)25(42)21(12-13-30(31,32)33)38-27(44)22-11-8-17-40(22)23(41)18-37-28(45)24(20-9-6-5-7-10-20)39-26(43)19(2)35-16-15-34-3;1-4(2)3;1-3-2;1-2/h4,15-16,20-22,24,34H,1,5-14,17-18H2,2-3H3,(H,36,46)(H,37,45)(H,38,44)(H,39,43);4H,1-3H3;3H2,1-2H3;1-2H3/b16-15-,35-19?;;;. The van der Waals surface area contributed by atoms with E-state index in [1.165, 1.54) is 36.7 Å². The van der Waals surface area contributed by atoms with Gasteiger partial charge in [-0.05, 0) is 50.9 Å². The molecular formula is C39H68F3N7O6. The van der Waals surface area contributed by atoms with Crippen molar-refractivity contribution in [3.05, 3.63) is 25.1 Å². The Hall–Kier alpha value is -4.24. The van der Waals surface area contributed by atoms with Crippen LogP contribution in [-0.4, -0.2) is 96.9 Å². The minimum absolute atomic E-state index is 0.104. The Balaban J connectivity index is 0. The highest BCUT2D eigenvalue weighted by atomic mass is 19.4. The number of hydrogen-bond acceptors (Lipinski definition) is 8. The molecule has 2 aliphatic rings. The molecule has 1 saturated heterocycles. The van der Waals surface area contributed by atoms with Crippen molar-refractivity contribution in [2.45, 2.75) is 144 Å². The third-order valence-corrected chi connectivity index (χ3v) is 7.80. The van der Waals surface area contributed by atoms with Crippen molar-refractivity contribution in [2.75, 3.05) is 26.7 Å². The van der Waals surface area contributed by atoms with Gasteiger partial charge in [-0.2, -0.15) is 13.2 Å². The van der Waals surface area contributed by atoms with E-state index >= 15 is 0 Å². The van der Waals surface area contributed by atoms with Crippen molar-refractivity contribution in [1.82, 2.24) is 31.5 Å². The smallest absolute Gasteiger partial charge is 0.389 e. The number of nitrogens with zero attached hydrogens (tertiary/aromatic N) is 2. The van der Waals surface area contributed by atoms with E-state index in [0.717, 1.165) is 25.2 Å². The molecule has 2 fully saturated rings. The number of carbonyl (C=O) groups is 6. The maximum absolute atomic E-state index is 13.3. The molecule has 5 amide bonds. The lowest BCUT2D eigenvalue weighted by molar-refractivity contribution is -0.146. The van der Waals surface area contributed by atoms with Crippen LogP contribution in [0.25, 0.3) is 0 Å². The first-order valence-electron chi connectivity index (χ1n) is 19.5. The number of alkyl halides is 3. The second-order valence-electron chi connectivity index (χ2n) is 13.6. The summed E-state index contributed by atoms with van der Waals surface area (Å²) in [7, 11) is 1.67. The van der Waals surface area contributed by atoms with Crippen LogP contribution in [0.4, 0.5) is 13.2 Å². The number of carbonyl (C=O) groups excluding carboxylic acids is 6. The first-order valence-corrected chi connectivity index (χ1v) is 19.5. The first-order chi connectivity index (χ1) is 25.9. The second-order valence-corrected chi connectivity index (χ2v) is 13.6. The lowest BCUT2D eigenvalue weighted by atomic mass is 9.83. The predicted molar refractivity (Wildman–Crippen MR) is 211 cm³/mol. The molecular weight excluding hydrogens is 719 g/mol. The number of ketones is 1. The number of Topliss-reactive ketones (excluding diaryl/α,β-unsaturated/α-hetero) is 1. The van der Waals surface area contributed by atoms with Gasteiger partial charge < -0.3 is 31.5 Å². The summed E-state index contributed by atoms with van der Waals surface area (Å²) in [5.41, 5.74) is 0.132. The van der Waals surface area contributed by atoms with Crippen LogP contribution in [0.3, 0.4) is 0 Å². The number of nitrogens with one attached hydrogen (secondary N) is 5. The molecule has 3 unspecified atom stereocenters. The highest BCUT2D eigenvalue weighted by Gasteiger charge is 2.39. The van der Waals surface area contributed by atoms with E-state index in [4.69, 9.17) is 0 Å². The molecule has 5 N–H and O–H groups in total. The summed E-state index contributed by atoms with van der Waals surface area (Å²) in [6.45, 7) is 19.2. The van der Waals surface area contributed by atoms with Gasteiger partial charge in [-0.25, -0.2) is 0 Å². The third-order valence-electron chi connectivity index (χ3n) is 7.80. The summed E-state index contributed by atoms with van der Waals surface area (Å²) in [4.78, 5) is 82.3. The summed E-state index contributed by atoms with van der Waals surface area (Å²) >= 11 is 0. The van der Waals surface area contributed by atoms with Gasteiger partial charge in [0.15, 0.2) is 0 Å². The van der Waals surface area contributed by atoms with Gasteiger partial charge in [-0.3, -0.25) is 33.8 Å². The topological polar surface area (TPSA) is 178 Å². The summed E-state index contributed by atoms with van der Waals surface area (Å²) in [5.74, 6) is -4.38. The zero-order valence-corrected chi connectivity index (χ0v) is 34.5. The van der Waals surface area contributed by atoms with Gasteiger partial charge in [-0.15, -0.1) is 6.58 Å². The average molecular weight is 788 g/mol. The van der Waals surface area contributed by atoms with Crippen LogP contribution < -0.4 is 26.6 Å². The number of likely N-dealkylation sites (tertiary alicyclic amines) is 1. The molecule has 0 aromatic rings. The average Bonchev–Trinajstić information content (AvgIpc) is 3.64. The largest absolute Gasteiger partial charge is 0.393 e. The maximum atomic E-state index is 13.3. The van der Waals surface area contributed by atoms with Crippen LogP contribution in [0.5, 0.6) is 0 Å². The van der Waals surface area contributed by atoms with Gasteiger partial charge >= 0.3 is 6.18 Å². The minimum atomic E-state index is -4.64. The van der Waals surface area contributed by atoms with E-state index in [1.54, 1.807) is 7.05 Å². The van der Waals surface area contributed by atoms with Crippen molar-refractivity contribution < 1.29 is 41.9 Å². The van der Waals surface area contributed by atoms with Gasteiger partial charge in [0.2, 0.25) is 23.5 Å². The summed E-state index contributed by atoms with van der Waals surface area (Å²) < 4.78 is 38.8. The third kappa shape index (κ3) is 23.3. The lowest BCUT2D eigenvalue weighted by Crippen LogP contribution is -2.56. The molecule has 2 rings (SSSR count). The first kappa shape index (κ1) is 52.9. The maximum Gasteiger partial charge on any atom is 0.389 e. The van der Waals surface area contributed by atoms with E-state index in [1.807, 2.05) is 13.8 Å². The summed E-state index contributed by atoms with van der Waals surface area (Å²) in [5, 5.41) is 12.5. The van der Waals surface area contributed by atoms with Crippen LogP contribution >= 0.6 is 0 Å². The highest BCUT2D eigenvalue weighted by Crippen LogP contribution is 2.27. The molecule has 0 bridgehead atoms. The molecule has 13 nitrogen and oxygen atoms in total. The zero-order chi connectivity index (χ0) is 42.6. The second kappa shape index (κ2) is 30.0. The van der Waals surface area contributed by atoms with Gasteiger partial charge in [0.05, 0.1) is 12.6 Å². The molecule has 1 aliphatic heterocycles. The summed E-state index contributed by atoms with van der Waals surface area (Å²) in [6, 6.07) is -3.82. The predicted octanol–water partition coefficient (Wildman–Crippen LogP) is 5.11. The number of hydrogen-bond donors (Lipinski definition) is 5. The fourth-order valence-corrected chi connectivity index (χ4v) is 5.36. The van der Waals surface area contributed by atoms with E-state index in [0.29, 0.717) is 19.3 Å². The molecule has 1 heterocycles. The van der Waals surface area contributed by atoms with Crippen molar-refractivity contribution in [1.29, 1.82) is 0 Å². The van der Waals surface area contributed by atoms with Gasteiger partial charge in [0.25, 0.3) is 11.8 Å². The fraction of sp³-hybridized carbons (Fsp3) is 0.718. The van der Waals surface area contributed by atoms with Crippen molar-refractivity contribution in [3.8, 4) is 0 Å². The summed E-state index contributed by atoms with van der Waals surface area (Å²) in [6.07, 6.45) is 3.26. The van der Waals surface area contributed by atoms with Gasteiger partial charge in [-0.1, -0.05) is 80.2 Å². The van der Waals surface area contributed by atoms with Crippen LogP contribution in [0.15, 0.2) is 30.0 Å². The van der Waals surface area contributed by atoms with E-state index in [2.05, 4.69) is 72.8 Å². The monoisotopic (exact) mass is 788 g/mol. The zero-order valence-electron chi connectivity index (χ0n) is 34.5. The van der Waals surface area contributed by atoms with Crippen LogP contribution in [0, 0.1) is 11.8 Å².